The fourth-order valence-corrected chi connectivity index (χ4v) is 2.79. The predicted molar refractivity (Wildman–Crippen MR) is 84.4 cm³/mol. The SMILES string of the molecule is Cc1cc(Oc2cccc(F)c2CBr)ccc1C(C)C. The standard InChI is InChI=1S/C17H18BrFO/c1-11(2)14-8-7-13(9-12(14)3)20-17-6-4-5-16(19)15(17)10-18/h4-9,11H,10H2,1-3H3. The molecule has 0 amide bonds. The number of hydrogen-bond acceptors (Lipinski definition) is 1. The Morgan fingerprint density at radius 3 is 2.55 bits per heavy atom. The molecule has 0 aliphatic rings. The first-order chi connectivity index (χ1) is 9.52. The zero-order valence-electron chi connectivity index (χ0n) is 11.9. The molecule has 0 atom stereocenters. The highest BCUT2D eigenvalue weighted by Crippen LogP contribution is 2.31. The lowest BCUT2D eigenvalue weighted by Crippen LogP contribution is -1.95. The van der Waals surface area contributed by atoms with Crippen molar-refractivity contribution in [3.63, 3.8) is 0 Å². The van der Waals surface area contributed by atoms with Gasteiger partial charge in [-0.2, -0.15) is 0 Å². The average molecular weight is 337 g/mol. The van der Waals surface area contributed by atoms with E-state index in [2.05, 4.69) is 42.8 Å². The van der Waals surface area contributed by atoms with Crippen LogP contribution in [0.2, 0.25) is 0 Å². The second kappa shape index (κ2) is 6.40. The molecule has 0 bridgehead atoms. The van der Waals surface area contributed by atoms with Crippen LogP contribution in [0.25, 0.3) is 0 Å². The third-order valence-electron chi connectivity index (χ3n) is 3.30. The number of alkyl halides is 1. The molecule has 20 heavy (non-hydrogen) atoms. The molecule has 0 N–H and O–H groups in total. The van der Waals surface area contributed by atoms with E-state index in [1.54, 1.807) is 12.1 Å². The number of hydrogen-bond donors (Lipinski definition) is 0. The van der Waals surface area contributed by atoms with Crippen LogP contribution in [0.4, 0.5) is 4.39 Å². The first kappa shape index (κ1) is 15.0. The van der Waals surface area contributed by atoms with Gasteiger partial charge in [0.15, 0.2) is 0 Å². The zero-order chi connectivity index (χ0) is 14.7. The highest BCUT2D eigenvalue weighted by atomic mass is 79.9. The van der Waals surface area contributed by atoms with Crippen molar-refractivity contribution in [2.24, 2.45) is 0 Å². The largest absolute Gasteiger partial charge is 0.457 e. The Bertz CT molecular complexity index is 608. The fourth-order valence-electron chi connectivity index (χ4n) is 2.25. The van der Waals surface area contributed by atoms with Crippen molar-refractivity contribution in [2.75, 3.05) is 0 Å². The Morgan fingerprint density at radius 2 is 1.95 bits per heavy atom. The van der Waals surface area contributed by atoms with Gasteiger partial charge in [-0.05, 0) is 48.2 Å². The minimum atomic E-state index is -0.255. The normalized spacial score (nSPS) is 10.9. The molecule has 106 valence electrons. The van der Waals surface area contributed by atoms with Crippen LogP contribution < -0.4 is 4.74 Å². The predicted octanol–water partition coefficient (Wildman–Crippen LogP) is 5.94. The molecule has 0 spiro atoms. The van der Waals surface area contributed by atoms with Crippen LogP contribution in [-0.4, -0.2) is 0 Å². The maximum Gasteiger partial charge on any atom is 0.134 e. The lowest BCUT2D eigenvalue weighted by atomic mass is 9.98. The molecule has 0 radical (unpaired) electrons. The van der Waals surface area contributed by atoms with Crippen LogP contribution in [0.1, 0.15) is 36.5 Å². The number of ether oxygens (including phenoxy) is 1. The highest BCUT2D eigenvalue weighted by molar-refractivity contribution is 9.08. The van der Waals surface area contributed by atoms with Gasteiger partial charge in [-0.25, -0.2) is 4.39 Å². The number of benzene rings is 2. The van der Waals surface area contributed by atoms with Gasteiger partial charge < -0.3 is 4.74 Å². The molecule has 0 fully saturated rings. The molecule has 0 aromatic heterocycles. The van der Waals surface area contributed by atoms with Crippen molar-refractivity contribution in [3.05, 3.63) is 58.9 Å². The Balaban J connectivity index is 2.31. The Kier molecular flexibility index (Phi) is 4.81. The van der Waals surface area contributed by atoms with Crippen molar-refractivity contribution < 1.29 is 9.13 Å². The van der Waals surface area contributed by atoms with Gasteiger partial charge in [0.1, 0.15) is 17.3 Å². The summed E-state index contributed by atoms with van der Waals surface area (Å²) in [6, 6.07) is 10.9. The van der Waals surface area contributed by atoms with E-state index < -0.39 is 0 Å². The summed E-state index contributed by atoms with van der Waals surface area (Å²) >= 11 is 3.30. The quantitative estimate of drug-likeness (QED) is 0.627. The van der Waals surface area contributed by atoms with Crippen molar-refractivity contribution in [1.82, 2.24) is 0 Å². The van der Waals surface area contributed by atoms with Gasteiger partial charge in [0.2, 0.25) is 0 Å². The highest BCUT2D eigenvalue weighted by Gasteiger charge is 2.10. The maximum absolute atomic E-state index is 13.7. The van der Waals surface area contributed by atoms with Gasteiger partial charge in [0.25, 0.3) is 0 Å². The van der Waals surface area contributed by atoms with E-state index in [1.807, 2.05) is 12.1 Å². The van der Waals surface area contributed by atoms with Crippen molar-refractivity contribution in [2.45, 2.75) is 32.0 Å². The second-order valence-electron chi connectivity index (χ2n) is 5.13. The van der Waals surface area contributed by atoms with Gasteiger partial charge >= 0.3 is 0 Å². The number of rotatable bonds is 4. The minimum Gasteiger partial charge on any atom is -0.457 e. The van der Waals surface area contributed by atoms with E-state index in [0.717, 1.165) is 5.75 Å². The third-order valence-corrected chi connectivity index (χ3v) is 3.86. The summed E-state index contributed by atoms with van der Waals surface area (Å²) in [6.07, 6.45) is 0. The summed E-state index contributed by atoms with van der Waals surface area (Å²) in [6.45, 7) is 6.40. The number of halogens is 2. The van der Waals surface area contributed by atoms with E-state index in [1.165, 1.54) is 17.2 Å². The molecule has 0 heterocycles. The molecule has 0 saturated heterocycles. The minimum absolute atomic E-state index is 0.255. The van der Waals surface area contributed by atoms with Gasteiger partial charge in [-0.3, -0.25) is 0 Å². The summed E-state index contributed by atoms with van der Waals surface area (Å²) < 4.78 is 19.5. The van der Waals surface area contributed by atoms with Crippen LogP contribution in [0, 0.1) is 12.7 Å². The van der Waals surface area contributed by atoms with E-state index >= 15 is 0 Å². The van der Waals surface area contributed by atoms with Gasteiger partial charge in [0, 0.05) is 10.9 Å². The summed E-state index contributed by atoms with van der Waals surface area (Å²) in [7, 11) is 0. The van der Waals surface area contributed by atoms with E-state index in [-0.39, 0.29) is 5.82 Å². The Labute approximate surface area is 127 Å². The summed E-state index contributed by atoms with van der Waals surface area (Å²) in [4.78, 5) is 0. The second-order valence-corrected chi connectivity index (χ2v) is 5.69. The molecule has 2 aromatic carbocycles. The molecule has 0 aliphatic heterocycles. The summed E-state index contributed by atoms with van der Waals surface area (Å²) in [5, 5.41) is 0.429. The topological polar surface area (TPSA) is 9.23 Å². The summed E-state index contributed by atoms with van der Waals surface area (Å²) in [5.41, 5.74) is 3.03. The van der Waals surface area contributed by atoms with Crippen LogP contribution in [0.3, 0.4) is 0 Å². The van der Waals surface area contributed by atoms with Crippen molar-refractivity contribution in [1.29, 1.82) is 0 Å². The first-order valence-corrected chi connectivity index (χ1v) is 7.76. The molecule has 2 rings (SSSR count). The third kappa shape index (κ3) is 3.21. The maximum atomic E-state index is 13.7. The molecule has 0 saturated carbocycles. The van der Waals surface area contributed by atoms with Crippen molar-refractivity contribution >= 4 is 15.9 Å². The lowest BCUT2D eigenvalue weighted by molar-refractivity contribution is 0.470. The monoisotopic (exact) mass is 336 g/mol. The van der Waals surface area contributed by atoms with Gasteiger partial charge in [-0.15, -0.1) is 0 Å². The Hall–Kier alpha value is -1.35. The van der Waals surface area contributed by atoms with Gasteiger partial charge in [-0.1, -0.05) is 41.9 Å². The molecule has 3 heteroatoms. The Morgan fingerprint density at radius 1 is 1.20 bits per heavy atom. The average Bonchev–Trinajstić information content (AvgIpc) is 2.38. The number of aryl methyl sites for hydroxylation is 1. The first-order valence-electron chi connectivity index (χ1n) is 6.64. The van der Waals surface area contributed by atoms with Crippen LogP contribution in [0.15, 0.2) is 36.4 Å². The van der Waals surface area contributed by atoms with Crippen molar-refractivity contribution in [3.8, 4) is 11.5 Å². The molecule has 1 nitrogen and oxygen atoms in total. The molecule has 0 unspecified atom stereocenters. The van der Waals surface area contributed by atoms with Crippen LogP contribution >= 0.6 is 15.9 Å². The lowest BCUT2D eigenvalue weighted by Gasteiger charge is -2.14. The van der Waals surface area contributed by atoms with Crippen LogP contribution in [-0.2, 0) is 5.33 Å². The fraction of sp³-hybridized carbons (Fsp3) is 0.294. The van der Waals surface area contributed by atoms with E-state index in [0.29, 0.717) is 22.6 Å². The summed E-state index contributed by atoms with van der Waals surface area (Å²) in [5.74, 6) is 1.52. The molecule has 2 aromatic rings. The van der Waals surface area contributed by atoms with Gasteiger partial charge in [0.05, 0.1) is 0 Å². The van der Waals surface area contributed by atoms with Crippen LogP contribution in [0.5, 0.6) is 11.5 Å². The molecule has 0 aliphatic carbocycles. The molecular formula is C17H18BrFO. The smallest absolute Gasteiger partial charge is 0.134 e. The zero-order valence-corrected chi connectivity index (χ0v) is 13.5. The van der Waals surface area contributed by atoms with E-state index in [4.69, 9.17) is 4.74 Å². The molecular weight excluding hydrogens is 319 g/mol. The van der Waals surface area contributed by atoms with E-state index in [9.17, 15) is 4.39 Å².